The van der Waals surface area contributed by atoms with Gasteiger partial charge in [0.25, 0.3) is 0 Å². The van der Waals surface area contributed by atoms with Crippen molar-refractivity contribution in [3.63, 3.8) is 0 Å². The predicted octanol–water partition coefficient (Wildman–Crippen LogP) is 3.06. The van der Waals surface area contributed by atoms with Gasteiger partial charge >= 0.3 is 0 Å². The largest absolute Gasteiger partial charge is 0.324 e. The van der Waals surface area contributed by atoms with Gasteiger partial charge in [0.2, 0.25) is 5.91 Å². The zero-order chi connectivity index (χ0) is 12.8. The lowest BCUT2D eigenvalue weighted by Crippen LogP contribution is -2.31. The van der Waals surface area contributed by atoms with E-state index in [1.807, 2.05) is 12.1 Å². The van der Waals surface area contributed by atoms with E-state index in [1.54, 1.807) is 12.1 Å². The molecule has 0 spiro atoms. The van der Waals surface area contributed by atoms with Gasteiger partial charge in [-0.05, 0) is 37.4 Å². The van der Waals surface area contributed by atoms with Crippen molar-refractivity contribution in [1.82, 2.24) is 5.32 Å². The highest BCUT2D eigenvalue weighted by Gasteiger charge is 2.14. The quantitative estimate of drug-likeness (QED) is 0.860. The number of anilines is 1. The molecule has 3 nitrogen and oxygen atoms in total. The lowest BCUT2D eigenvalue weighted by molar-refractivity contribution is -0.115. The summed E-state index contributed by atoms with van der Waals surface area (Å²) in [6.45, 7) is 1.29. The van der Waals surface area contributed by atoms with Gasteiger partial charge in [-0.25, -0.2) is 0 Å². The molecule has 0 radical (unpaired) electrons. The first-order valence-electron chi connectivity index (χ1n) is 6.51. The van der Waals surface area contributed by atoms with E-state index in [9.17, 15) is 4.79 Å². The summed E-state index contributed by atoms with van der Waals surface area (Å²) in [7, 11) is 0. The van der Waals surface area contributed by atoms with E-state index in [0.717, 1.165) is 12.5 Å². The molecule has 1 fully saturated rings. The van der Waals surface area contributed by atoms with Gasteiger partial charge in [0.1, 0.15) is 0 Å². The van der Waals surface area contributed by atoms with Crippen LogP contribution in [0.25, 0.3) is 0 Å². The van der Waals surface area contributed by atoms with E-state index < -0.39 is 0 Å². The Labute approximate surface area is 113 Å². The third-order valence-corrected chi connectivity index (χ3v) is 3.67. The monoisotopic (exact) mass is 266 g/mol. The van der Waals surface area contributed by atoms with Crippen LogP contribution in [-0.2, 0) is 4.79 Å². The molecule has 2 rings (SSSR count). The van der Waals surface area contributed by atoms with Gasteiger partial charge in [0, 0.05) is 0 Å². The van der Waals surface area contributed by atoms with E-state index in [-0.39, 0.29) is 5.91 Å². The van der Waals surface area contributed by atoms with Gasteiger partial charge in [-0.2, -0.15) is 0 Å². The summed E-state index contributed by atoms with van der Waals surface area (Å²) in [6, 6.07) is 7.27. The van der Waals surface area contributed by atoms with Gasteiger partial charge in [0.15, 0.2) is 0 Å². The number of carbonyl (C=O) groups is 1. The summed E-state index contributed by atoms with van der Waals surface area (Å²) >= 11 is 5.97. The molecular weight excluding hydrogens is 248 g/mol. The standard InChI is InChI=1S/C14H19ClN2O/c15-12-7-3-4-8-13(12)17-14(18)10-16-9-11-5-1-2-6-11/h3-4,7-8,11,16H,1-2,5-6,9-10H2,(H,17,18). The topological polar surface area (TPSA) is 41.1 Å². The first kappa shape index (κ1) is 13.4. The number of halogens is 1. The lowest BCUT2D eigenvalue weighted by atomic mass is 10.1. The van der Waals surface area contributed by atoms with E-state index in [2.05, 4.69) is 10.6 Å². The minimum atomic E-state index is -0.0407. The molecule has 0 saturated heterocycles. The molecule has 1 saturated carbocycles. The molecular formula is C14H19ClN2O. The average molecular weight is 267 g/mol. The molecule has 1 aromatic carbocycles. The zero-order valence-electron chi connectivity index (χ0n) is 10.4. The molecule has 1 amide bonds. The fourth-order valence-electron chi connectivity index (χ4n) is 2.36. The van der Waals surface area contributed by atoms with Gasteiger partial charge < -0.3 is 10.6 Å². The van der Waals surface area contributed by atoms with Gasteiger partial charge in [-0.3, -0.25) is 4.79 Å². The number of para-hydroxylation sites is 1. The Balaban J connectivity index is 1.70. The second kappa shape index (κ2) is 6.76. The molecule has 98 valence electrons. The molecule has 1 aliphatic rings. The Morgan fingerprint density at radius 3 is 2.72 bits per heavy atom. The highest BCUT2D eigenvalue weighted by Crippen LogP contribution is 2.23. The maximum atomic E-state index is 11.7. The van der Waals surface area contributed by atoms with Crippen LogP contribution in [0.5, 0.6) is 0 Å². The van der Waals surface area contributed by atoms with Crippen molar-refractivity contribution in [3.8, 4) is 0 Å². The zero-order valence-corrected chi connectivity index (χ0v) is 11.2. The van der Waals surface area contributed by atoms with E-state index in [0.29, 0.717) is 17.3 Å². The Morgan fingerprint density at radius 2 is 2.00 bits per heavy atom. The van der Waals surface area contributed by atoms with Gasteiger partial charge in [-0.1, -0.05) is 36.6 Å². The van der Waals surface area contributed by atoms with Crippen LogP contribution < -0.4 is 10.6 Å². The minimum absolute atomic E-state index is 0.0407. The summed E-state index contributed by atoms with van der Waals surface area (Å²) in [6.07, 6.45) is 5.24. The van der Waals surface area contributed by atoms with Crippen LogP contribution in [0.3, 0.4) is 0 Å². The predicted molar refractivity (Wildman–Crippen MR) is 74.9 cm³/mol. The fraction of sp³-hybridized carbons (Fsp3) is 0.500. The average Bonchev–Trinajstić information content (AvgIpc) is 2.85. The summed E-state index contributed by atoms with van der Waals surface area (Å²) in [5.74, 6) is 0.708. The molecule has 1 aliphatic carbocycles. The molecule has 1 aromatic rings. The Bertz CT molecular complexity index is 403. The molecule has 0 aliphatic heterocycles. The number of benzene rings is 1. The third kappa shape index (κ3) is 4.00. The van der Waals surface area contributed by atoms with E-state index in [4.69, 9.17) is 11.6 Å². The van der Waals surface area contributed by atoms with Crippen molar-refractivity contribution in [1.29, 1.82) is 0 Å². The van der Waals surface area contributed by atoms with E-state index >= 15 is 0 Å². The van der Waals surface area contributed by atoms with Crippen molar-refractivity contribution in [2.45, 2.75) is 25.7 Å². The highest BCUT2D eigenvalue weighted by molar-refractivity contribution is 6.33. The molecule has 0 bridgehead atoms. The third-order valence-electron chi connectivity index (χ3n) is 3.34. The number of rotatable bonds is 5. The number of hydrogen-bond acceptors (Lipinski definition) is 2. The summed E-state index contributed by atoms with van der Waals surface area (Å²) < 4.78 is 0. The Kier molecular flexibility index (Phi) is 5.02. The number of nitrogens with one attached hydrogen (secondary N) is 2. The summed E-state index contributed by atoms with van der Waals surface area (Å²) in [4.78, 5) is 11.7. The Morgan fingerprint density at radius 1 is 1.28 bits per heavy atom. The van der Waals surface area contributed by atoms with Gasteiger partial charge in [0.05, 0.1) is 17.3 Å². The molecule has 2 N–H and O–H groups in total. The van der Waals surface area contributed by atoms with Crippen LogP contribution in [0.15, 0.2) is 24.3 Å². The molecule has 0 aromatic heterocycles. The van der Waals surface area contributed by atoms with E-state index in [1.165, 1.54) is 25.7 Å². The molecule has 18 heavy (non-hydrogen) atoms. The van der Waals surface area contributed by atoms with Crippen molar-refractivity contribution in [2.24, 2.45) is 5.92 Å². The first-order valence-corrected chi connectivity index (χ1v) is 6.88. The van der Waals surface area contributed by atoms with Crippen molar-refractivity contribution in [2.75, 3.05) is 18.4 Å². The highest BCUT2D eigenvalue weighted by atomic mass is 35.5. The lowest BCUT2D eigenvalue weighted by Gasteiger charge is -2.11. The smallest absolute Gasteiger partial charge is 0.238 e. The molecule has 0 atom stereocenters. The second-order valence-corrected chi connectivity index (χ2v) is 5.22. The van der Waals surface area contributed by atoms with Crippen molar-refractivity contribution >= 4 is 23.2 Å². The maximum absolute atomic E-state index is 11.7. The van der Waals surface area contributed by atoms with Crippen molar-refractivity contribution < 1.29 is 4.79 Å². The minimum Gasteiger partial charge on any atom is -0.324 e. The number of amides is 1. The number of carbonyl (C=O) groups excluding carboxylic acids is 1. The van der Waals surface area contributed by atoms with Crippen LogP contribution in [-0.4, -0.2) is 19.0 Å². The summed E-state index contributed by atoms with van der Waals surface area (Å²) in [5, 5.41) is 6.58. The first-order chi connectivity index (χ1) is 8.75. The van der Waals surface area contributed by atoms with Gasteiger partial charge in [-0.15, -0.1) is 0 Å². The molecule has 0 heterocycles. The van der Waals surface area contributed by atoms with Crippen LogP contribution in [0.2, 0.25) is 5.02 Å². The van der Waals surface area contributed by atoms with Crippen LogP contribution >= 0.6 is 11.6 Å². The van der Waals surface area contributed by atoms with Crippen molar-refractivity contribution in [3.05, 3.63) is 29.3 Å². The number of hydrogen-bond donors (Lipinski definition) is 2. The van der Waals surface area contributed by atoms with Crippen LogP contribution in [0.1, 0.15) is 25.7 Å². The Hall–Kier alpha value is -1.06. The maximum Gasteiger partial charge on any atom is 0.238 e. The fourth-order valence-corrected chi connectivity index (χ4v) is 2.54. The molecule has 4 heteroatoms. The normalized spacial score (nSPS) is 15.8. The second-order valence-electron chi connectivity index (χ2n) is 4.81. The SMILES string of the molecule is O=C(CNCC1CCCC1)Nc1ccccc1Cl. The van der Waals surface area contributed by atoms with Crippen LogP contribution in [0.4, 0.5) is 5.69 Å². The molecule has 0 unspecified atom stereocenters. The summed E-state index contributed by atoms with van der Waals surface area (Å²) in [5.41, 5.74) is 0.673. The van der Waals surface area contributed by atoms with Crippen LogP contribution in [0, 0.1) is 5.92 Å².